The molecular formula is C32H36N2O6. The van der Waals surface area contributed by atoms with Gasteiger partial charge in [-0.15, -0.1) is 6.58 Å². The van der Waals surface area contributed by atoms with Crippen molar-refractivity contribution in [2.24, 2.45) is 11.8 Å². The van der Waals surface area contributed by atoms with Crippen LogP contribution in [0.1, 0.15) is 24.0 Å². The molecule has 2 bridgehead atoms. The van der Waals surface area contributed by atoms with Gasteiger partial charge in [0, 0.05) is 13.1 Å². The molecule has 1 spiro atoms. The van der Waals surface area contributed by atoms with E-state index in [1.807, 2.05) is 60.7 Å². The van der Waals surface area contributed by atoms with Gasteiger partial charge in [-0.25, -0.2) is 0 Å². The van der Waals surface area contributed by atoms with Crippen molar-refractivity contribution in [3.8, 4) is 0 Å². The Labute approximate surface area is 234 Å². The molecule has 3 saturated heterocycles. The molecule has 5 rings (SSSR count). The van der Waals surface area contributed by atoms with Crippen molar-refractivity contribution < 1.29 is 29.0 Å². The molecule has 2 amide bonds. The van der Waals surface area contributed by atoms with Gasteiger partial charge in [0.2, 0.25) is 11.8 Å². The van der Waals surface area contributed by atoms with E-state index in [9.17, 15) is 19.5 Å². The number of ether oxygens (including phenoxy) is 2. The van der Waals surface area contributed by atoms with Gasteiger partial charge in [-0.3, -0.25) is 14.4 Å². The summed E-state index contributed by atoms with van der Waals surface area (Å²) in [5.41, 5.74) is 0.680. The molecular weight excluding hydrogens is 508 g/mol. The minimum absolute atomic E-state index is 0.0273. The summed E-state index contributed by atoms with van der Waals surface area (Å²) in [5, 5.41) is 10.6. The quantitative estimate of drug-likeness (QED) is 0.326. The first-order valence-electron chi connectivity index (χ1n) is 13.8. The van der Waals surface area contributed by atoms with Crippen LogP contribution in [0.2, 0.25) is 0 Å². The second kappa shape index (κ2) is 11.8. The largest absolute Gasteiger partial charge is 0.461 e. The van der Waals surface area contributed by atoms with Gasteiger partial charge in [-0.2, -0.15) is 0 Å². The Kier molecular flexibility index (Phi) is 8.19. The number of esters is 1. The predicted molar refractivity (Wildman–Crippen MR) is 149 cm³/mol. The summed E-state index contributed by atoms with van der Waals surface area (Å²) < 4.78 is 11.9. The summed E-state index contributed by atoms with van der Waals surface area (Å²) >= 11 is 0. The number of likely N-dealkylation sites (tertiary alicyclic amines) is 1. The van der Waals surface area contributed by atoms with E-state index >= 15 is 0 Å². The normalized spacial score (nSPS) is 27.2. The van der Waals surface area contributed by atoms with Gasteiger partial charge in [-0.05, 0) is 30.4 Å². The Hall–Kier alpha value is -3.75. The number of amides is 2. The number of hydrogen-bond acceptors (Lipinski definition) is 6. The van der Waals surface area contributed by atoms with Gasteiger partial charge in [-0.1, -0.05) is 79.4 Å². The summed E-state index contributed by atoms with van der Waals surface area (Å²) in [6, 6.07) is 17.5. The fourth-order valence-electron chi connectivity index (χ4n) is 6.77. The van der Waals surface area contributed by atoms with E-state index in [-0.39, 0.29) is 31.6 Å². The Morgan fingerprint density at radius 2 is 1.77 bits per heavy atom. The van der Waals surface area contributed by atoms with Gasteiger partial charge in [0.1, 0.15) is 18.2 Å². The van der Waals surface area contributed by atoms with E-state index in [0.29, 0.717) is 25.8 Å². The zero-order valence-electron chi connectivity index (χ0n) is 22.6. The molecule has 2 unspecified atom stereocenters. The highest BCUT2D eigenvalue weighted by molar-refractivity contribution is 5.98. The van der Waals surface area contributed by atoms with Crippen LogP contribution in [0.5, 0.6) is 0 Å². The van der Waals surface area contributed by atoms with Gasteiger partial charge in [0.15, 0.2) is 0 Å². The van der Waals surface area contributed by atoms with Crippen LogP contribution in [0.3, 0.4) is 0 Å². The van der Waals surface area contributed by atoms with Crippen molar-refractivity contribution in [2.75, 3.05) is 19.8 Å². The number of aliphatic hydroxyl groups is 1. The molecule has 40 heavy (non-hydrogen) atoms. The Morgan fingerprint density at radius 1 is 1.10 bits per heavy atom. The van der Waals surface area contributed by atoms with E-state index in [4.69, 9.17) is 9.47 Å². The summed E-state index contributed by atoms with van der Waals surface area (Å²) in [4.78, 5) is 45.2. The van der Waals surface area contributed by atoms with Crippen LogP contribution in [0.15, 0.2) is 86.0 Å². The maximum absolute atomic E-state index is 14.5. The van der Waals surface area contributed by atoms with Gasteiger partial charge >= 0.3 is 5.97 Å². The SMILES string of the molecule is C=CCOC(=O)[C@@H]1[C@@H]2CCC3(O2)C(C(=O)N(CC=C)Cc2ccccc2)N([C@@H](CO)Cc2ccccc2)C(=O)[C@H]13. The molecule has 2 aromatic carbocycles. The van der Waals surface area contributed by atoms with E-state index in [1.54, 1.807) is 11.0 Å². The average Bonchev–Trinajstić information content (AvgIpc) is 3.62. The number of carbonyl (C=O) groups excluding carboxylic acids is 3. The highest BCUT2D eigenvalue weighted by Gasteiger charge is 2.75. The maximum atomic E-state index is 14.5. The molecule has 3 aliphatic heterocycles. The second-order valence-corrected chi connectivity index (χ2v) is 10.7. The lowest BCUT2D eigenvalue weighted by Gasteiger charge is -2.39. The zero-order chi connectivity index (χ0) is 28.3. The third kappa shape index (κ3) is 4.86. The highest BCUT2D eigenvalue weighted by Crippen LogP contribution is 2.59. The monoisotopic (exact) mass is 544 g/mol. The lowest BCUT2D eigenvalue weighted by molar-refractivity contribution is -0.156. The molecule has 3 fully saturated rings. The number of carbonyl (C=O) groups is 3. The third-order valence-corrected chi connectivity index (χ3v) is 8.38. The molecule has 3 aliphatic rings. The van der Waals surface area contributed by atoms with Crippen molar-refractivity contribution in [2.45, 2.75) is 49.6 Å². The van der Waals surface area contributed by atoms with Gasteiger partial charge in [0.05, 0.1) is 30.6 Å². The molecule has 0 aromatic heterocycles. The lowest BCUT2D eigenvalue weighted by Crippen LogP contribution is -2.59. The lowest BCUT2D eigenvalue weighted by atomic mass is 9.70. The molecule has 8 nitrogen and oxygen atoms in total. The van der Waals surface area contributed by atoms with Gasteiger partial charge in [0.25, 0.3) is 0 Å². The highest BCUT2D eigenvalue weighted by atomic mass is 16.6. The fourth-order valence-corrected chi connectivity index (χ4v) is 6.77. The molecule has 210 valence electrons. The fraction of sp³-hybridized carbons (Fsp3) is 0.406. The van der Waals surface area contributed by atoms with Crippen molar-refractivity contribution in [1.82, 2.24) is 9.80 Å². The Morgan fingerprint density at radius 3 is 2.40 bits per heavy atom. The molecule has 1 N–H and O–H groups in total. The summed E-state index contributed by atoms with van der Waals surface area (Å²) in [5.74, 6) is -2.85. The van der Waals surface area contributed by atoms with Crippen LogP contribution in [-0.2, 0) is 36.8 Å². The van der Waals surface area contributed by atoms with Crippen LogP contribution in [0, 0.1) is 11.8 Å². The van der Waals surface area contributed by atoms with Crippen molar-refractivity contribution in [1.29, 1.82) is 0 Å². The number of rotatable bonds is 12. The molecule has 3 heterocycles. The minimum atomic E-state index is -1.18. The average molecular weight is 545 g/mol. The summed E-state index contributed by atoms with van der Waals surface area (Å²) in [7, 11) is 0. The number of aliphatic hydroxyl groups excluding tert-OH is 1. The Bertz CT molecular complexity index is 1250. The van der Waals surface area contributed by atoms with Crippen LogP contribution in [0.4, 0.5) is 0 Å². The van der Waals surface area contributed by atoms with Crippen molar-refractivity contribution in [3.63, 3.8) is 0 Å². The number of fused-ring (bicyclic) bond motifs is 1. The summed E-state index contributed by atoms with van der Waals surface area (Å²) in [6.45, 7) is 7.73. The smallest absolute Gasteiger partial charge is 0.312 e. The topological polar surface area (TPSA) is 96.4 Å². The maximum Gasteiger partial charge on any atom is 0.312 e. The molecule has 0 saturated carbocycles. The van der Waals surface area contributed by atoms with Gasteiger partial charge < -0.3 is 24.4 Å². The first-order chi connectivity index (χ1) is 19.4. The molecule has 0 radical (unpaired) electrons. The van der Waals surface area contributed by atoms with Crippen LogP contribution in [0.25, 0.3) is 0 Å². The number of benzene rings is 2. The van der Waals surface area contributed by atoms with Crippen molar-refractivity contribution >= 4 is 17.8 Å². The molecule has 6 atom stereocenters. The van der Waals surface area contributed by atoms with Crippen LogP contribution in [-0.4, -0.2) is 76.2 Å². The minimum Gasteiger partial charge on any atom is -0.461 e. The molecule has 2 aromatic rings. The van der Waals surface area contributed by atoms with E-state index in [2.05, 4.69) is 13.2 Å². The summed E-state index contributed by atoms with van der Waals surface area (Å²) in [6.07, 6.45) is 3.99. The predicted octanol–water partition coefficient (Wildman–Crippen LogP) is 2.91. The van der Waals surface area contributed by atoms with Crippen LogP contribution < -0.4 is 0 Å². The van der Waals surface area contributed by atoms with Crippen molar-refractivity contribution in [3.05, 3.63) is 97.1 Å². The molecule has 8 heteroatoms. The zero-order valence-corrected chi connectivity index (χ0v) is 22.6. The third-order valence-electron chi connectivity index (χ3n) is 8.38. The number of nitrogens with zero attached hydrogens (tertiary/aromatic N) is 2. The van der Waals surface area contributed by atoms with E-state index in [0.717, 1.165) is 11.1 Å². The first kappa shape index (κ1) is 27.8. The molecule has 0 aliphatic carbocycles. The Balaban J connectivity index is 1.55. The van der Waals surface area contributed by atoms with E-state index in [1.165, 1.54) is 11.0 Å². The van der Waals surface area contributed by atoms with Crippen LogP contribution >= 0.6 is 0 Å². The number of hydrogen-bond donors (Lipinski definition) is 1. The standard InChI is InChI=1S/C32H36N2O6/c1-3-17-33(20-23-13-9-6-10-14-23)30(37)28-32-16-15-25(40-32)26(31(38)39-18-4-2)27(32)29(36)34(28)24(21-35)19-22-11-7-5-8-12-22/h3-14,24-28,35H,1-2,15-21H2/t24-,25+,26-,27+,28?,32?/m1/s1. The van der Waals surface area contributed by atoms with E-state index < -0.39 is 41.6 Å². The first-order valence-corrected chi connectivity index (χ1v) is 13.8. The second-order valence-electron chi connectivity index (χ2n) is 10.7.